The van der Waals surface area contributed by atoms with Gasteiger partial charge in [-0.2, -0.15) is 0 Å². The Balaban J connectivity index is 2.04. The van der Waals surface area contributed by atoms with Crippen LogP contribution in [0.1, 0.15) is 21.6 Å². The van der Waals surface area contributed by atoms with Gasteiger partial charge >= 0.3 is 5.69 Å². The van der Waals surface area contributed by atoms with Gasteiger partial charge in [-0.05, 0) is 48.9 Å². The Morgan fingerprint density at radius 2 is 1.38 bits per heavy atom. The van der Waals surface area contributed by atoms with Crippen LogP contribution in [0.3, 0.4) is 0 Å². The van der Waals surface area contributed by atoms with E-state index in [2.05, 4.69) is 4.98 Å². The van der Waals surface area contributed by atoms with Gasteiger partial charge in [-0.3, -0.25) is 14.9 Å². The topological polar surface area (TPSA) is 91.6 Å². The molecular weight excluding hydrogens is 432 g/mol. The number of benzene rings is 3. The van der Waals surface area contributed by atoms with Crippen LogP contribution in [0.15, 0.2) is 78.9 Å². The Morgan fingerprint density at radius 1 is 0.824 bits per heavy atom. The van der Waals surface area contributed by atoms with Crippen molar-refractivity contribution in [1.82, 2.24) is 4.98 Å². The van der Waals surface area contributed by atoms with E-state index in [1.165, 1.54) is 0 Å². The molecule has 34 heavy (non-hydrogen) atoms. The van der Waals surface area contributed by atoms with Crippen molar-refractivity contribution in [2.45, 2.75) is 6.92 Å². The van der Waals surface area contributed by atoms with Crippen molar-refractivity contribution in [3.8, 4) is 33.9 Å². The van der Waals surface area contributed by atoms with E-state index in [1.807, 2.05) is 6.07 Å². The minimum absolute atomic E-state index is 0.182. The van der Waals surface area contributed by atoms with Gasteiger partial charge in [0.2, 0.25) is 0 Å². The van der Waals surface area contributed by atoms with Gasteiger partial charge in [0, 0.05) is 11.1 Å². The molecule has 0 unspecified atom stereocenters. The fourth-order valence-electron chi connectivity index (χ4n) is 3.87. The molecular formula is C27H22N2O5. The summed E-state index contributed by atoms with van der Waals surface area (Å²) in [5, 5.41) is 12.4. The molecule has 0 saturated carbocycles. The first-order valence-corrected chi connectivity index (χ1v) is 10.5. The van der Waals surface area contributed by atoms with Crippen molar-refractivity contribution < 1.29 is 19.2 Å². The largest absolute Gasteiger partial charge is 0.497 e. The van der Waals surface area contributed by atoms with Crippen molar-refractivity contribution in [2.75, 3.05) is 14.2 Å². The molecule has 0 fully saturated rings. The van der Waals surface area contributed by atoms with Gasteiger partial charge in [0.1, 0.15) is 17.2 Å². The molecule has 0 amide bonds. The lowest BCUT2D eigenvalue weighted by Gasteiger charge is -2.16. The van der Waals surface area contributed by atoms with Crippen LogP contribution in [-0.4, -0.2) is 29.9 Å². The number of nitrogens with zero attached hydrogens (tertiary/aromatic N) is 2. The maximum absolute atomic E-state index is 13.7. The summed E-state index contributed by atoms with van der Waals surface area (Å²) in [6, 6.07) is 22.4. The molecule has 0 bridgehead atoms. The fraction of sp³-hybridized carbons (Fsp3) is 0.111. The standard InChI is InChI=1S/C27H22N2O5/c1-17-23(27(30)20-11-15-22(34-3)16-12-20)24(18-9-13-21(33-2)14-10-18)26(29(31)32)25(28-17)19-7-5-4-6-8-19/h4-16H,1-3H3. The maximum Gasteiger partial charge on any atom is 0.304 e. The van der Waals surface area contributed by atoms with Gasteiger partial charge in [0.25, 0.3) is 0 Å². The van der Waals surface area contributed by atoms with Gasteiger partial charge in [0.15, 0.2) is 5.78 Å². The highest BCUT2D eigenvalue weighted by Crippen LogP contribution is 2.42. The summed E-state index contributed by atoms with van der Waals surface area (Å²) in [5.41, 5.74) is 2.28. The summed E-state index contributed by atoms with van der Waals surface area (Å²) in [4.78, 5) is 30.2. The van der Waals surface area contributed by atoms with E-state index in [0.717, 1.165) is 0 Å². The molecule has 7 nitrogen and oxygen atoms in total. The van der Waals surface area contributed by atoms with Gasteiger partial charge in [-0.1, -0.05) is 42.5 Å². The Labute approximate surface area is 196 Å². The zero-order chi connectivity index (χ0) is 24.2. The van der Waals surface area contributed by atoms with E-state index >= 15 is 0 Å². The molecule has 0 N–H and O–H groups in total. The number of hydrogen-bond acceptors (Lipinski definition) is 6. The summed E-state index contributed by atoms with van der Waals surface area (Å²) in [7, 11) is 3.08. The lowest BCUT2D eigenvalue weighted by Crippen LogP contribution is -2.11. The van der Waals surface area contributed by atoms with Crippen LogP contribution in [0.25, 0.3) is 22.4 Å². The maximum atomic E-state index is 13.7. The number of aryl methyl sites for hydroxylation is 1. The zero-order valence-corrected chi connectivity index (χ0v) is 18.9. The van der Waals surface area contributed by atoms with Gasteiger partial charge < -0.3 is 9.47 Å². The van der Waals surface area contributed by atoms with E-state index in [4.69, 9.17) is 9.47 Å². The highest BCUT2D eigenvalue weighted by atomic mass is 16.6. The van der Waals surface area contributed by atoms with Crippen molar-refractivity contribution in [3.05, 3.63) is 106 Å². The fourth-order valence-corrected chi connectivity index (χ4v) is 3.87. The second-order valence-electron chi connectivity index (χ2n) is 7.55. The molecule has 7 heteroatoms. The quantitative estimate of drug-likeness (QED) is 0.197. The summed E-state index contributed by atoms with van der Waals surface area (Å²) in [6.07, 6.45) is 0. The highest BCUT2D eigenvalue weighted by molar-refractivity contribution is 6.15. The number of hydrogen-bond donors (Lipinski definition) is 0. The number of ketones is 1. The number of pyridine rings is 1. The molecule has 0 atom stereocenters. The molecule has 4 rings (SSSR count). The van der Waals surface area contributed by atoms with E-state index in [0.29, 0.717) is 33.9 Å². The smallest absolute Gasteiger partial charge is 0.304 e. The number of aromatic nitrogens is 1. The minimum Gasteiger partial charge on any atom is -0.497 e. The monoisotopic (exact) mass is 454 g/mol. The Morgan fingerprint density at radius 3 is 1.91 bits per heavy atom. The van der Waals surface area contributed by atoms with Crippen molar-refractivity contribution in [1.29, 1.82) is 0 Å². The molecule has 4 aromatic rings. The number of nitro groups is 1. The van der Waals surface area contributed by atoms with Gasteiger partial charge in [-0.25, -0.2) is 4.98 Å². The van der Waals surface area contributed by atoms with Crippen LogP contribution in [0.5, 0.6) is 11.5 Å². The molecule has 0 aliphatic carbocycles. The van der Waals surface area contributed by atoms with Gasteiger partial charge in [-0.15, -0.1) is 0 Å². The SMILES string of the molecule is COc1ccc(C(=O)c2c(C)nc(-c3ccccc3)c([N+](=O)[O-])c2-c2ccc(OC)cc2)cc1. The second-order valence-corrected chi connectivity index (χ2v) is 7.55. The summed E-state index contributed by atoms with van der Waals surface area (Å²) >= 11 is 0. The van der Waals surface area contributed by atoms with Crippen LogP contribution in [0, 0.1) is 17.0 Å². The minimum atomic E-state index is -0.473. The Bertz CT molecular complexity index is 1350. The van der Waals surface area contributed by atoms with Crippen LogP contribution in [0.4, 0.5) is 5.69 Å². The second kappa shape index (κ2) is 9.54. The highest BCUT2D eigenvalue weighted by Gasteiger charge is 2.31. The molecule has 0 radical (unpaired) electrons. The lowest BCUT2D eigenvalue weighted by atomic mass is 9.89. The van der Waals surface area contributed by atoms with Crippen LogP contribution >= 0.6 is 0 Å². The number of ether oxygens (including phenoxy) is 2. The third-order valence-electron chi connectivity index (χ3n) is 5.54. The molecule has 0 saturated heterocycles. The first-order valence-electron chi connectivity index (χ1n) is 10.5. The van der Waals surface area contributed by atoms with Crippen LogP contribution in [0.2, 0.25) is 0 Å². The van der Waals surface area contributed by atoms with Crippen LogP contribution < -0.4 is 9.47 Å². The molecule has 0 spiro atoms. The average molecular weight is 454 g/mol. The third kappa shape index (κ3) is 4.23. The van der Waals surface area contributed by atoms with E-state index < -0.39 is 4.92 Å². The predicted octanol–water partition coefficient (Wildman–Crippen LogP) is 5.88. The first kappa shape index (κ1) is 22.7. The van der Waals surface area contributed by atoms with Crippen molar-refractivity contribution >= 4 is 11.5 Å². The van der Waals surface area contributed by atoms with E-state index in [-0.39, 0.29) is 28.3 Å². The third-order valence-corrected chi connectivity index (χ3v) is 5.54. The predicted molar refractivity (Wildman–Crippen MR) is 129 cm³/mol. The van der Waals surface area contributed by atoms with Crippen molar-refractivity contribution in [2.24, 2.45) is 0 Å². The first-order chi connectivity index (χ1) is 16.4. The number of rotatable bonds is 7. The number of methoxy groups -OCH3 is 2. The molecule has 1 heterocycles. The van der Waals surface area contributed by atoms with E-state index in [9.17, 15) is 14.9 Å². The summed E-state index contributed by atoms with van der Waals surface area (Å²) in [6.45, 7) is 1.69. The van der Waals surface area contributed by atoms with Gasteiger partial charge in [0.05, 0.1) is 36.0 Å². The molecule has 1 aromatic heterocycles. The Hall–Kier alpha value is -4.52. The van der Waals surface area contributed by atoms with Crippen LogP contribution in [-0.2, 0) is 0 Å². The summed E-state index contributed by atoms with van der Waals surface area (Å²) < 4.78 is 10.4. The van der Waals surface area contributed by atoms with Crippen molar-refractivity contribution in [3.63, 3.8) is 0 Å². The number of carbonyl (C=O) groups is 1. The lowest BCUT2D eigenvalue weighted by molar-refractivity contribution is -0.383. The molecule has 0 aliphatic rings. The average Bonchev–Trinajstić information content (AvgIpc) is 2.88. The molecule has 170 valence electrons. The number of carbonyl (C=O) groups excluding carboxylic acids is 1. The Kier molecular flexibility index (Phi) is 6.36. The zero-order valence-electron chi connectivity index (χ0n) is 18.9. The van der Waals surface area contributed by atoms with E-state index in [1.54, 1.807) is 93.9 Å². The molecule has 3 aromatic carbocycles. The summed E-state index contributed by atoms with van der Waals surface area (Å²) in [5.74, 6) is 0.844. The molecule has 0 aliphatic heterocycles. The normalized spacial score (nSPS) is 10.6.